The maximum atomic E-state index is 14.2. The lowest BCUT2D eigenvalue weighted by Gasteiger charge is -2.30. The van der Waals surface area contributed by atoms with E-state index in [1.165, 1.54) is 33.3 Å². The van der Waals surface area contributed by atoms with Crippen LogP contribution in [-0.4, -0.2) is 84.5 Å². The van der Waals surface area contributed by atoms with Gasteiger partial charge in [0.2, 0.25) is 11.6 Å². The third-order valence-corrected chi connectivity index (χ3v) is 9.48. The molecule has 2 bridgehead atoms. The number of hydrogen-bond donors (Lipinski definition) is 3. The predicted octanol–water partition coefficient (Wildman–Crippen LogP) is 4.47. The molecule has 2 aromatic rings. The second-order valence-electron chi connectivity index (χ2n) is 13.3. The Morgan fingerprint density at radius 3 is 2.37 bits per heavy atom. The van der Waals surface area contributed by atoms with Gasteiger partial charge in [-0.3, -0.25) is 24.1 Å². The molecule has 2 aliphatic rings. The van der Waals surface area contributed by atoms with Gasteiger partial charge in [0.25, 0.3) is 5.91 Å². The van der Waals surface area contributed by atoms with Crippen molar-refractivity contribution in [3.63, 3.8) is 0 Å². The Labute approximate surface area is 303 Å². The summed E-state index contributed by atoms with van der Waals surface area (Å²) in [5.74, 6) is -3.31. The summed E-state index contributed by atoms with van der Waals surface area (Å²) in [5, 5.41) is 12.8. The van der Waals surface area contributed by atoms with E-state index in [-0.39, 0.29) is 41.3 Å². The van der Waals surface area contributed by atoms with Crippen molar-refractivity contribution >= 4 is 40.1 Å². The van der Waals surface area contributed by atoms with Crippen LogP contribution in [0.25, 0.3) is 10.8 Å². The van der Waals surface area contributed by atoms with Crippen LogP contribution in [-0.2, 0) is 28.6 Å². The van der Waals surface area contributed by atoms with Crippen LogP contribution in [0.4, 0.5) is 4.79 Å². The highest BCUT2D eigenvalue weighted by atomic mass is 16.6. The molecule has 2 aromatic carbocycles. The third-order valence-electron chi connectivity index (χ3n) is 9.48. The first kappa shape index (κ1) is 39.6. The topological polar surface area (TPSA) is 189 Å². The molecule has 12 heteroatoms. The molecule has 0 saturated carbocycles. The molecule has 0 radical (unpaired) electrons. The number of benzene rings is 2. The van der Waals surface area contributed by atoms with E-state index in [0.717, 1.165) is 16.4 Å². The predicted molar refractivity (Wildman–Crippen MR) is 196 cm³/mol. The Bertz CT molecular complexity index is 1880. The van der Waals surface area contributed by atoms with E-state index in [1.807, 2.05) is 25.1 Å². The zero-order chi connectivity index (χ0) is 38.3. The first-order valence-electron chi connectivity index (χ1n) is 17.0. The molecule has 1 aliphatic heterocycles. The average Bonchev–Trinajstić information content (AvgIpc) is 3.12. The monoisotopic (exact) mass is 713 g/mol. The van der Waals surface area contributed by atoms with Gasteiger partial charge in [0.15, 0.2) is 11.9 Å². The Balaban J connectivity index is 1.85. The van der Waals surface area contributed by atoms with Crippen LogP contribution in [0.1, 0.15) is 50.9 Å². The van der Waals surface area contributed by atoms with Gasteiger partial charge in [-0.05, 0) is 49.0 Å². The van der Waals surface area contributed by atoms with E-state index in [0.29, 0.717) is 16.5 Å². The minimum atomic E-state index is -1.04. The van der Waals surface area contributed by atoms with Gasteiger partial charge in [-0.25, -0.2) is 4.79 Å². The van der Waals surface area contributed by atoms with Crippen LogP contribution in [0.2, 0.25) is 0 Å². The molecule has 0 unspecified atom stereocenters. The van der Waals surface area contributed by atoms with Crippen molar-refractivity contribution in [2.24, 2.45) is 23.3 Å². The highest BCUT2D eigenvalue weighted by Gasteiger charge is 2.36. The number of ether oxygens (including phenoxy) is 3. The lowest BCUT2D eigenvalue weighted by Crippen LogP contribution is -2.41. The normalized spacial score (nSPS) is 28.1. The van der Waals surface area contributed by atoms with Crippen molar-refractivity contribution in [3.8, 4) is 0 Å². The van der Waals surface area contributed by atoms with Crippen molar-refractivity contribution in [2.75, 3.05) is 20.8 Å². The molecular weight excluding hydrogens is 666 g/mol. The number of rotatable bonds is 6. The Kier molecular flexibility index (Phi) is 13.2. The number of aliphatic hydroxyl groups excluding tert-OH is 1. The molecule has 4 rings (SSSR count). The zero-order valence-electron chi connectivity index (χ0n) is 30.3. The van der Waals surface area contributed by atoms with Crippen molar-refractivity contribution < 1.29 is 43.3 Å². The molecule has 1 heterocycles. The lowest BCUT2D eigenvalue weighted by atomic mass is 9.85. The number of nitrogens with zero attached hydrogens (tertiary/aromatic N) is 1. The standard InChI is InChI=1S/C40H47N3O9/c1-22-17-29-35(41)31(44)20-30(37(29)47)43(21-32(45)28-15-10-13-26-12-7-8-14-27(26)28)39(48)23(2)11-9-16-33(50-5)38(52-40(42)49)25(4)19-24(3)36(46)34(18-22)51-6/h7-16,19-20,22,24,33-34,36,38,46H,17-18,21,41H2,1-6H3,(H2,42,49)/b16-9-,23-11+,25-19+/t22-,24+,33+,34+,36+,38+/m1/s1. The molecule has 0 saturated heterocycles. The molecule has 276 valence electrons. The Morgan fingerprint density at radius 2 is 1.69 bits per heavy atom. The second kappa shape index (κ2) is 17.4. The van der Waals surface area contributed by atoms with E-state index in [9.17, 15) is 29.1 Å². The quantitative estimate of drug-likeness (QED) is 0.219. The van der Waals surface area contributed by atoms with Crippen LogP contribution in [0.15, 0.2) is 101 Å². The maximum absolute atomic E-state index is 14.2. The fourth-order valence-corrected chi connectivity index (χ4v) is 6.65. The SMILES string of the molecule is CO[C@H]1/C=C\C=C(/C)C(=O)N(CC(=O)c2cccc3ccccc23)C2=CC(=O)C(N)=C(C[C@@H](C)C[C@H](OC)[C@@H](O)[C@@H](C)/C=C(\C)[C@@H]1OC(N)=O)C2=O. The fraction of sp³-hybridized carbons (Fsp3) is 0.375. The number of amides is 2. The summed E-state index contributed by atoms with van der Waals surface area (Å²) in [6.45, 7) is 6.27. The summed E-state index contributed by atoms with van der Waals surface area (Å²) in [6, 6.07) is 12.5. The van der Waals surface area contributed by atoms with Crippen molar-refractivity contribution in [1.82, 2.24) is 4.90 Å². The number of allylic oxidation sites excluding steroid dienone is 4. The molecule has 5 N–H and O–H groups in total. The minimum absolute atomic E-state index is 0.00682. The van der Waals surface area contributed by atoms with Gasteiger partial charge in [-0.2, -0.15) is 0 Å². The number of primary amides is 1. The lowest BCUT2D eigenvalue weighted by molar-refractivity contribution is -0.128. The van der Waals surface area contributed by atoms with Crippen molar-refractivity contribution in [1.29, 1.82) is 0 Å². The molecule has 12 nitrogen and oxygen atoms in total. The largest absolute Gasteiger partial charge is 0.439 e. The van der Waals surface area contributed by atoms with Gasteiger partial charge in [0, 0.05) is 42.9 Å². The Morgan fingerprint density at radius 1 is 1.00 bits per heavy atom. The first-order chi connectivity index (χ1) is 24.7. The molecule has 2 amide bonds. The number of carbonyl (C=O) groups is 5. The third kappa shape index (κ3) is 9.00. The molecule has 0 spiro atoms. The van der Waals surface area contributed by atoms with E-state index >= 15 is 0 Å². The number of fused-ring (bicyclic) bond motifs is 3. The number of Topliss-reactive ketones (excluding diaryl/α,β-unsaturated/α-hetero) is 2. The first-order valence-corrected chi connectivity index (χ1v) is 17.0. The summed E-state index contributed by atoms with van der Waals surface area (Å²) < 4.78 is 16.7. The number of hydrogen-bond acceptors (Lipinski definition) is 10. The minimum Gasteiger partial charge on any atom is -0.439 e. The second-order valence-corrected chi connectivity index (χ2v) is 13.3. The van der Waals surface area contributed by atoms with Crippen LogP contribution < -0.4 is 11.5 Å². The van der Waals surface area contributed by atoms with Crippen molar-refractivity contribution in [3.05, 3.63) is 107 Å². The number of ketones is 3. The van der Waals surface area contributed by atoms with Gasteiger partial charge < -0.3 is 30.8 Å². The van der Waals surface area contributed by atoms with Crippen LogP contribution >= 0.6 is 0 Å². The van der Waals surface area contributed by atoms with Gasteiger partial charge in [-0.1, -0.05) is 80.6 Å². The van der Waals surface area contributed by atoms with E-state index in [1.54, 1.807) is 50.3 Å². The molecule has 0 aromatic heterocycles. The smallest absolute Gasteiger partial charge is 0.405 e. The maximum Gasteiger partial charge on any atom is 0.405 e. The number of methoxy groups -OCH3 is 2. The molecule has 0 fully saturated rings. The summed E-state index contributed by atoms with van der Waals surface area (Å²) in [4.78, 5) is 68.7. The molecule has 6 atom stereocenters. The highest BCUT2D eigenvalue weighted by Crippen LogP contribution is 2.30. The van der Waals surface area contributed by atoms with Crippen LogP contribution in [0.3, 0.4) is 0 Å². The number of nitrogens with two attached hydrogens (primary N) is 2. The summed E-state index contributed by atoms with van der Waals surface area (Å²) >= 11 is 0. The van der Waals surface area contributed by atoms with Gasteiger partial charge in [0.05, 0.1) is 30.1 Å². The van der Waals surface area contributed by atoms with Gasteiger partial charge in [0.1, 0.15) is 6.10 Å². The van der Waals surface area contributed by atoms with E-state index in [4.69, 9.17) is 25.7 Å². The number of carbonyl (C=O) groups excluding carboxylic acids is 5. The number of aliphatic hydroxyl groups is 1. The summed E-state index contributed by atoms with van der Waals surface area (Å²) in [5.41, 5.74) is 12.1. The van der Waals surface area contributed by atoms with Gasteiger partial charge in [-0.15, -0.1) is 0 Å². The molecule has 52 heavy (non-hydrogen) atoms. The zero-order valence-corrected chi connectivity index (χ0v) is 30.3. The molecular formula is C40H47N3O9. The average molecular weight is 714 g/mol. The van der Waals surface area contributed by atoms with E-state index in [2.05, 4.69) is 0 Å². The van der Waals surface area contributed by atoms with Crippen LogP contribution in [0, 0.1) is 11.8 Å². The van der Waals surface area contributed by atoms with E-state index < -0.39 is 66.2 Å². The summed E-state index contributed by atoms with van der Waals surface area (Å²) in [6.07, 6.45) is 2.92. The van der Waals surface area contributed by atoms with Crippen LogP contribution in [0.5, 0.6) is 0 Å². The van der Waals surface area contributed by atoms with Crippen molar-refractivity contribution in [2.45, 2.75) is 65.0 Å². The summed E-state index contributed by atoms with van der Waals surface area (Å²) in [7, 11) is 2.87. The fourth-order valence-electron chi connectivity index (χ4n) is 6.65. The highest BCUT2D eigenvalue weighted by molar-refractivity contribution is 6.24. The molecule has 1 aliphatic carbocycles. The Hall–Kier alpha value is -5.17. The van der Waals surface area contributed by atoms with Gasteiger partial charge >= 0.3 is 6.09 Å².